The van der Waals surface area contributed by atoms with E-state index in [1.165, 1.54) is 13.2 Å². The SMILES string of the molecule is CCC(NS(=O)(=O)c1ccccc1OC)c1ncc[nH]1. The first-order valence-corrected chi connectivity index (χ1v) is 7.71. The Morgan fingerprint density at radius 1 is 1.40 bits per heavy atom. The maximum Gasteiger partial charge on any atom is 0.244 e. The molecule has 0 bridgehead atoms. The van der Waals surface area contributed by atoms with Gasteiger partial charge in [-0.05, 0) is 18.6 Å². The quantitative estimate of drug-likeness (QED) is 0.851. The molecule has 0 spiro atoms. The highest BCUT2D eigenvalue weighted by molar-refractivity contribution is 7.89. The summed E-state index contributed by atoms with van der Waals surface area (Å²) in [4.78, 5) is 7.13. The second kappa shape index (κ2) is 6.06. The molecule has 7 heteroatoms. The van der Waals surface area contributed by atoms with Crippen LogP contribution in [0.4, 0.5) is 0 Å². The fourth-order valence-corrected chi connectivity index (χ4v) is 3.35. The third kappa shape index (κ3) is 3.00. The molecule has 1 aromatic carbocycles. The van der Waals surface area contributed by atoms with Crippen molar-refractivity contribution in [3.05, 3.63) is 42.5 Å². The Morgan fingerprint density at radius 3 is 2.75 bits per heavy atom. The van der Waals surface area contributed by atoms with Gasteiger partial charge in [0, 0.05) is 12.4 Å². The molecular formula is C13H17N3O3S. The van der Waals surface area contributed by atoms with Crippen molar-refractivity contribution in [3.63, 3.8) is 0 Å². The van der Waals surface area contributed by atoms with Crippen LogP contribution in [0.1, 0.15) is 25.2 Å². The number of ether oxygens (including phenoxy) is 1. The van der Waals surface area contributed by atoms with Crippen molar-refractivity contribution < 1.29 is 13.2 Å². The molecule has 1 heterocycles. The zero-order chi connectivity index (χ0) is 14.6. The Hall–Kier alpha value is -1.86. The van der Waals surface area contributed by atoms with Crippen molar-refractivity contribution in [1.82, 2.24) is 14.7 Å². The molecule has 0 saturated carbocycles. The molecule has 0 aliphatic carbocycles. The molecule has 0 fully saturated rings. The number of benzene rings is 1. The Morgan fingerprint density at radius 2 is 2.15 bits per heavy atom. The van der Waals surface area contributed by atoms with Gasteiger partial charge in [-0.15, -0.1) is 0 Å². The van der Waals surface area contributed by atoms with Crippen LogP contribution in [0.15, 0.2) is 41.6 Å². The van der Waals surface area contributed by atoms with Gasteiger partial charge in [0.05, 0.1) is 13.2 Å². The summed E-state index contributed by atoms with van der Waals surface area (Å²) in [6.45, 7) is 1.89. The third-order valence-electron chi connectivity index (χ3n) is 2.91. The van der Waals surface area contributed by atoms with E-state index >= 15 is 0 Å². The summed E-state index contributed by atoms with van der Waals surface area (Å²) in [6, 6.07) is 6.10. The summed E-state index contributed by atoms with van der Waals surface area (Å²) >= 11 is 0. The van der Waals surface area contributed by atoms with Gasteiger partial charge in [0.15, 0.2) is 0 Å². The lowest BCUT2D eigenvalue weighted by Crippen LogP contribution is -2.29. The number of imidazole rings is 1. The molecular weight excluding hydrogens is 278 g/mol. The molecule has 2 N–H and O–H groups in total. The number of methoxy groups -OCH3 is 1. The summed E-state index contributed by atoms with van der Waals surface area (Å²) in [7, 11) is -2.23. The van der Waals surface area contributed by atoms with Gasteiger partial charge in [-0.25, -0.2) is 18.1 Å². The van der Waals surface area contributed by atoms with E-state index < -0.39 is 16.1 Å². The molecule has 0 aliphatic heterocycles. The van der Waals surface area contributed by atoms with Gasteiger partial charge in [-0.1, -0.05) is 19.1 Å². The number of para-hydroxylation sites is 1. The molecule has 108 valence electrons. The van der Waals surface area contributed by atoms with Crippen molar-refractivity contribution in [1.29, 1.82) is 0 Å². The number of nitrogens with zero attached hydrogens (tertiary/aromatic N) is 1. The zero-order valence-electron chi connectivity index (χ0n) is 11.3. The minimum absolute atomic E-state index is 0.118. The third-order valence-corrected chi connectivity index (χ3v) is 4.42. The topological polar surface area (TPSA) is 84.1 Å². The van der Waals surface area contributed by atoms with Crippen LogP contribution < -0.4 is 9.46 Å². The van der Waals surface area contributed by atoms with E-state index in [0.29, 0.717) is 18.0 Å². The van der Waals surface area contributed by atoms with Crippen LogP contribution in [0.5, 0.6) is 5.75 Å². The molecule has 0 radical (unpaired) electrons. The van der Waals surface area contributed by atoms with Crippen molar-refractivity contribution in [2.45, 2.75) is 24.3 Å². The van der Waals surface area contributed by atoms with E-state index in [2.05, 4.69) is 14.7 Å². The van der Waals surface area contributed by atoms with Crippen LogP contribution >= 0.6 is 0 Å². The first-order chi connectivity index (χ1) is 9.58. The van der Waals surface area contributed by atoms with E-state index in [1.807, 2.05) is 6.92 Å². The Bertz CT molecular complexity index is 653. The van der Waals surface area contributed by atoms with Crippen LogP contribution in [0.2, 0.25) is 0 Å². The number of hydrogen-bond donors (Lipinski definition) is 2. The molecule has 0 saturated heterocycles. The normalized spacial score (nSPS) is 13.1. The van der Waals surface area contributed by atoms with E-state index in [1.54, 1.807) is 30.6 Å². The summed E-state index contributed by atoms with van der Waals surface area (Å²) in [5.74, 6) is 0.903. The minimum Gasteiger partial charge on any atom is -0.495 e. The summed E-state index contributed by atoms with van der Waals surface area (Å²) in [6.07, 6.45) is 3.84. The highest BCUT2D eigenvalue weighted by Crippen LogP contribution is 2.25. The van der Waals surface area contributed by atoms with E-state index in [9.17, 15) is 8.42 Å². The van der Waals surface area contributed by atoms with Crippen LogP contribution in [-0.4, -0.2) is 25.5 Å². The summed E-state index contributed by atoms with van der Waals surface area (Å²) in [5.41, 5.74) is 0. The fraction of sp³-hybridized carbons (Fsp3) is 0.308. The Labute approximate surface area is 118 Å². The van der Waals surface area contributed by atoms with Gasteiger partial charge in [0.25, 0.3) is 0 Å². The molecule has 20 heavy (non-hydrogen) atoms. The van der Waals surface area contributed by atoms with Gasteiger partial charge in [-0.2, -0.15) is 0 Å². The van der Waals surface area contributed by atoms with E-state index in [-0.39, 0.29) is 4.90 Å². The number of nitrogens with one attached hydrogen (secondary N) is 2. The fourth-order valence-electron chi connectivity index (χ4n) is 1.89. The Balaban J connectivity index is 2.31. The number of rotatable bonds is 6. The number of H-pyrrole nitrogens is 1. The number of aromatic amines is 1. The second-order valence-corrected chi connectivity index (χ2v) is 5.89. The number of aromatic nitrogens is 2. The predicted octanol–water partition coefficient (Wildman–Crippen LogP) is 1.85. The van der Waals surface area contributed by atoms with Gasteiger partial charge in [0.1, 0.15) is 16.5 Å². The highest BCUT2D eigenvalue weighted by atomic mass is 32.2. The molecule has 0 aliphatic rings. The number of hydrogen-bond acceptors (Lipinski definition) is 4. The van der Waals surface area contributed by atoms with Crippen molar-refractivity contribution in [2.75, 3.05) is 7.11 Å². The standard InChI is InChI=1S/C13H17N3O3S/c1-3-10(13-14-8-9-15-13)16-20(17,18)12-7-5-4-6-11(12)19-2/h4-10,16H,3H2,1-2H3,(H,14,15). The van der Waals surface area contributed by atoms with Crippen molar-refractivity contribution in [3.8, 4) is 5.75 Å². The predicted molar refractivity (Wildman–Crippen MR) is 74.9 cm³/mol. The second-order valence-electron chi connectivity index (χ2n) is 4.21. The highest BCUT2D eigenvalue weighted by Gasteiger charge is 2.24. The minimum atomic E-state index is -3.68. The van der Waals surface area contributed by atoms with Crippen LogP contribution in [0.3, 0.4) is 0 Å². The average molecular weight is 295 g/mol. The van der Waals surface area contributed by atoms with Gasteiger partial charge in [-0.3, -0.25) is 0 Å². The molecule has 6 nitrogen and oxygen atoms in total. The van der Waals surface area contributed by atoms with E-state index in [4.69, 9.17) is 4.74 Å². The lowest BCUT2D eigenvalue weighted by molar-refractivity contribution is 0.402. The van der Waals surface area contributed by atoms with Crippen LogP contribution in [0.25, 0.3) is 0 Å². The maximum absolute atomic E-state index is 12.4. The first-order valence-electron chi connectivity index (χ1n) is 6.23. The van der Waals surface area contributed by atoms with Crippen LogP contribution in [0, 0.1) is 0 Å². The molecule has 1 atom stereocenters. The Kier molecular flexibility index (Phi) is 4.41. The lowest BCUT2D eigenvalue weighted by Gasteiger charge is -2.16. The van der Waals surface area contributed by atoms with E-state index in [0.717, 1.165) is 0 Å². The molecule has 1 unspecified atom stereocenters. The molecule has 2 aromatic rings. The molecule has 0 amide bonds. The van der Waals surface area contributed by atoms with Gasteiger partial charge < -0.3 is 9.72 Å². The van der Waals surface area contributed by atoms with Crippen LogP contribution in [-0.2, 0) is 10.0 Å². The van der Waals surface area contributed by atoms with Gasteiger partial charge >= 0.3 is 0 Å². The smallest absolute Gasteiger partial charge is 0.244 e. The summed E-state index contributed by atoms with van der Waals surface area (Å²) < 4.78 is 32.6. The average Bonchev–Trinajstić information content (AvgIpc) is 2.98. The summed E-state index contributed by atoms with van der Waals surface area (Å²) in [5, 5.41) is 0. The maximum atomic E-state index is 12.4. The zero-order valence-corrected chi connectivity index (χ0v) is 12.1. The monoisotopic (exact) mass is 295 g/mol. The largest absolute Gasteiger partial charge is 0.495 e. The van der Waals surface area contributed by atoms with Gasteiger partial charge in [0.2, 0.25) is 10.0 Å². The number of sulfonamides is 1. The van der Waals surface area contributed by atoms with Crippen molar-refractivity contribution >= 4 is 10.0 Å². The molecule has 2 rings (SSSR count). The lowest BCUT2D eigenvalue weighted by atomic mass is 10.2. The first kappa shape index (κ1) is 14.5. The molecule has 1 aromatic heterocycles. The van der Waals surface area contributed by atoms with Crippen molar-refractivity contribution in [2.24, 2.45) is 0 Å².